The number of hydrogen-bond donors (Lipinski definition) is 1. The van der Waals surface area contributed by atoms with Crippen molar-refractivity contribution in [3.63, 3.8) is 0 Å². The van der Waals surface area contributed by atoms with E-state index in [0.717, 1.165) is 24.8 Å². The molecule has 17 heavy (non-hydrogen) atoms. The van der Waals surface area contributed by atoms with Crippen molar-refractivity contribution in [2.24, 2.45) is 5.73 Å². The van der Waals surface area contributed by atoms with E-state index in [0.29, 0.717) is 11.5 Å². The quantitative estimate of drug-likeness (QED) is 0.746. The fourth-order valence-electron chi connectivity index (χ4n) is 2.06. The van der Waals surface area contributed by atoms with Crippen LogP contribution >= 0.6 is 0 Å². The van der Waals surface area contributed by atoms with Gasteiger partial charge < -0.3 is 5.73 Å². The lowest BCUT2D eigenvalue weighted by molar-refractivity contribution is 0.0999. The maximum absolute atomic E-state index is 11.4. The van der Waals surface area contributed by atoms with Gasteiger partial charge in [0.15, 0.2) is 0 Å². The predicted octanol–water partition coefficient (Wildman–Crippen LogP) is 3.64. The van der Waals surface area contributed by atoms with E-state index in [9.17, 15) is 4.79 Å². The summed E-state index contributed by atoms with van der Waals surface area (Å²) >= 11 is 0. The summed E-state index contributed by atoms with van der Waals surface area (Å²) in [5.41, 5.74) is 7.11. The van der Waals surface area contributed by atoms with Gasteiger partial charge in [0.05, 0.1) is 0 Å². The molecule has 2 nitrogen and oxygen atoms in total. The molecule has 2 N–H and O–H groups in total. The summed E-state index contributed by atoms with van der Waals surface area (Å²) in [6.07, 6.45) is 7.57. The van der Waals surface area contributed by atoms with Gasteiger partial charge >= 0.3 is 0 Å². The van der Waals surface area contributed by atoms with Crippen LogP contribution in [0.2, 0.25) is 0 Å². The number of rotatable bonds is 6. The Labute approximate surface area is 104 Å². The van der Waals surface area contributed by atoms with Gasteiger partial charge in [0.25, 0.3) is 0 Å². The van der Waals surface area contributed by atoms with E-state index in [1.165, 1.54) is 0 Å². The van der Waals surface area contributed by atoms with Gasteiger partial charge in [-0.15, -0.1) is 0 Å². The van der Waals surface area contributed by atoms with Crippen LogP contribution in [0.25, 0.3) is 0 Å². The number of nitrogens with two attached hydrogens (primary N) is 1. The number of carbonyl (C=O) groups is 1. The lowest BCUT2D eigenvalue weighted by Gasteiger charge is -2.15. The van der Waals surface area contributed by atoms with Gasteiger partial charge in [-0.25, -0.2) is 0 Å². The van der Waals surface area contributed by atoms with Gasteiger partial charge in [0.2, 0.25) is 5.91 Å². The van der Waals surface area contributed by atoms with E-state index in [4.69, 9.17) is 5.73 Å². The summed E-state index contributed by atoms with van der Waals surface area (Å²) in [5.74, 6) is -0.0461. The number of amides is 1. The van der Waals surface area contributed by atoms with Crippen LogP contribution in [0, 0.1) is 0 Å². The molecule has 0 aromatic heterocycles. The second kappa shape index (κ2) is 6.89. The Hall–Kier alpha value is -1.57. The third-order valence-corrected chi connectivity index (χ3v) is 2.92. The first-order chi connectivity index (χ1) is 8.20. The summed E-state index contributed by atoms with van der Waals surface area (Å²) in [4.78, 5) is 11.4. The van der Waals surface area contributed by atoms with Gasteiger partial charge in [-0.3, -0.25) is 4.79 Å². The zero-order valence-corrected chi connectivity index (χ0v) is 10.6. The molecule has 0 saturated carbocycles. The summed E-state index contributed by atoms with van der Waals surface area (Å²) in [6, 6.07) is 7.63. The average Bonchev–Trinajstić information content (AvgIpc) is 2.34. The fraction of sp³-hybridized carbons (Fsp3) is 0.400. The van der Waals surface area contributed by atoms with Crippen LogP contribution < -0.4 is 5.73 Å². The average molecular weight is 231 g/mol. The Balaban J connectivity index is 3.04. The lowest BCUT2D eigenvalue weighted by Crippen LogP contribution is -2.15. The minimum atomic E-state index is -0.341. The van der Waals surface area contributed by atoms with Crippen molar-refractivity contribution in [1.29, 1.82) is 0 Å². The number of unbranched alkanes of at least 4 members (excludes halogenated alkanes) is 1. The van der Waals surface area contributed by atoms with Crippen LogP contribution in [0.1, 0.15) is 54.9 Å². The zero-order valence-electron chi connectivity index (χ0n) is 10.6. The highest BCUT2D eigenvalue weighted by Gasteiger charge is 2.14. The molecule has 0 aliphatic heterocycles. The van der Waals surface area contributed by atoms with Crippen LogP contribution in [0.5, 0.6) is 0 Å². The lowest BCUT2D eigenvalue weighted by atomic mass is 9.89. The van der Waals surface area contributed by atoms with Crippen molar-refractivity contribution < 1.29 is 4.79 Å². The Morgan fingerprint density at radius 3 is 2.71 bits per heavy atom. The fourth-order valence-corrected chi connectivity index (χ4v) is 2.06. The molecular weight excluding hydrogens is 210 g/mol. The second-order valence-corrected chi connectivity index (χ2v) is 4.23. The molecule has 0 saturated heterocycles. The monoisotopic (exact) mass is 231 g/mol. The zero-order chi connectivity index (χ0) is 12.7. The molecule has 0 fully saturated rings. The Kier molecular flexibility index (Phi) is 5.47. The molecule has 1 aromatic carbocycles. The van der Waals surface area contributed by atoms with Crippen molar-refractivity contribution in [3.05, 3.63) is 47.5 Å². The molecular formula is C15H21NO. The molecule has 1 amide bonds. The molecule has 0 radical (unpaired) electrons. The van der Waals surface area contributed by atoms with Gasteiger partial charge in [0.1, 0.15) is 0 Å². The van der Waals surface area contributed by atoms with Crippen molar-refractivity contribution in [2.45, 2.75) is 39.0 Å². The molecule has 0 bridgehead atoms. The molecule has 1 atom stereocenters. The second-order valence-electron chi connectivity index (χ2n) is 4.23. The molecule has 2 heteroatoms. The van der Waals surface area contributed by atoms with E-state index in [1.807, 2.05) is 31.2 Å². The number of carbonyl (C=O) groups excluding carboxylic acids is 1. The number of primary amides is 1. The van der Waals surface area contributed by atoms with Crippen LogP contribution in [0.3, 0.4) is 0 Å². The van der Waals surface area contributed by atoms with E-state index < -0.39 is 0 Å². The summed E-state index contributed by atoms with van der Waals surface area (Å²) in [7, 11) is 0. The van der Waals surface area contributed by atoms with Crippen molar-refractivity contribution >= 4 is 5.91 Å². The maximum Gasteiger partial charge on any atom is 0.248 e. The number of allylic oxidation sites excluding steroid dienone is 2. The summed E-state index contributed by atoms with van der Waals surface area (Å²) in [5, 5.41) is 0. The highest BCUT2D eigenvalue weighted by Crippen LogP contribution is 2.26. The number of benzene rings is 1. The highest BCUT2D eigenvalue weighted by atomic mass is 16.1. The minimum Gasteiger partial charge on any atom is -0.366 e. The number of hydrogen-bond acceptors (Lipinski definition) is 1. The first-order valence-electron chi connectivity index (χ1n) is 6.22. The molecule has 92 valence electrons. The molecule has 1 aromatic rings. The Morgan fingerprint density at radius 1 is 1.41 bits per heavy atom. The molecule has 0 aliphatic carbocycles. The van der Waals surface area contributed by atoms with E-state index in [1.54, 1.807) is 6.07 Å². The van der Waals surface area contributed by atoms with Crippen LogP contribution in [0.15, 0.2) is 36.4 Å². The summed E-state index contributed by atoms with van der Waals surface area (Å²) < 4.78 is 0. The smallest absolute Gasteiger partial charge is 0.248 e. The normalized spacial score (nSPS) is 12.8. The molecule has 0 aliphatic rings. The largest absolute Gasteiger partial charge is 0.366 e. The van der Waals surface area contributed by atoms with Crippen molar-refractivity contribution in [2.75, 3.05) is 0 Å². The Morgan fingerprint density at radius 2 is 2.12 bits per heavy atom. The molecule has 0 heterocycles. The standard InChI is InChI=1S/C15H21NO/c1-3-5-9-12(8-4-2)13-10-6-7-11-14(13)15(16)17/h4,6-8,10-12H,3,5,9H2,1-2H3,(H2,16,17). The first-order valence-corrected chi connectivity index (χ1v) is 6.22. The van der Waals surface area contributed by atoms with Crippen LogP contribution in [-0.4, -0.2) is 5.91 Å². The Bertz CT molecular complexity index is 396. The van der Waals surface area contributed by atoms with E-state index >= 15 is 0 Å². The SMILES string of the molecule is CC=CC(CCCC)c1ccccc1C(N)=O. The van der Waals surface area contributed by atoms with Gasteiger partial charge in [-0.05, 0) is 25.0 Å². The van der Waals surface area contributed by atoms with Crippen LogP contribution in [-0.2, 0) is 0 Å². The molecule has 1 unspecified atom stereocenters. The van der Waals surface area contributed by atoms with E-state index in [-0.39, 0.29) is 5.91 Å². The first kappa shape index (κ1) is 13.5. The third-order valence-electron chi connectivity index (χ3n) is 2.92. The van der Waals surface area contributed by atoms with Crippen molar-refractivity contribution in [3.8, 4) is 0 Å². The summed E-state index contributed by atoms with van der Waals surface area (Å²) in [6.45, 7) is 4.18. The van der Waals surface area contributed by atoms with Gasteiger partial charge in [-0.1, -0.05) is 50.1 Å². The van der Waals surface area contributed by atoms with Crippen LogP contribution in [0.4, 0.5) is 0 Å². The van der Waals surface area contributed by atoms with Gasteiger partial charge in [-0.2, -0.15) is 0 Å². The van der Waals surface area contributed by atoms with E-state index in [2.05, 4.69) is 13.0 Å². The minimum absolute atomic E-state index is 0.295. The molecule has 1 rings (SSSR count). The highest BCUT2D eigenvalue weighted by molar-refractivity contribution is 5.94. The molecule has 0 spiro atoms. The predicted molar refractivity (Wildman–Crippen MR) is 72.0 cm³/mol. The van der Waals surface area contributed by atoms with Crippen molar-refractivity contribution in [1.82, 2.24) is 0 Å². The maximum atomic E-state index is 11.4. The third kappa shape index (κ3) is 3.74. The van der Waals surface area contributed by atoms with Gasteiger partial charge in [0, 0.05) is 11.5 Å². The topological polar surface area (TPSA) is 43.1 Å².